The molecule has 0 aliphatic carbocycles. The highest BCUT2D eigenvalue weighted by molar-refractivity contribution is 5.86. The van der Waals surface area contributed by atoms with E-state index in [9.17, 15) is 4.79 Å². The Morgan fingerprint density at radius 1 is 0.895 bits per heavy atom. The Labute approximate surface area is 224 Å². The van der Waals surface area contributed by atoms with Crippen LogP contribution in [0.5, 0.6) is 17.2 Å². The number of fused-ring (bicyclic) bond motifs is 2. The molecule has 0 bridgehead atoms. The van der Waals surface area contributed by atoms with Crippen molar-refractivity contribution in [3.05, 3.63) is 101 Å². The van der Waals surface area contributed by atoms with Crippen LogP contribution < -0.4 is 19.5 Å². The molecule has 1 unspecified atom stereocenters. The fourth-order valence-electron chi connectivity index (χ4n) is 5.41. The summed E-state index contributed by atoms with van der Waals surface area (Å²) >= 11 is 0. The quantitative estimate of drug-likeness (QED) is 0.330. The third-order valence-corrected chi connectivity index (χ3v) is 7.38. The van der Waals surface area contributed by atoms with Crippen LogP contribution in [0, 0.1) is 0 Å². The van der Waals surface area contributed by atoms with E-state index in [1.54, 1.807) is 21.3 Å². The van der Waals surface area contributed by atoms with Crippen LogP contribution in [0.3, 0.4) is 0 Å². The summed E-state index contributed by atoms with van der Waals surface area (Å²) in [6.07, 6.45) is 1.58. The van der Waals surface area contributed by atoms with Gasteiger partial charge in [-0.2, -0.15) is 0 Å². The number of carbonyl (C=O) groups excluding carboxylic acids is 1. The SMILES string of the molecule is COc1cccc(CC2c3cc(OC)c(OC)cc3CCN2CC(=O)NCc2cccc3ccccc23)c1. The minimum atomic E-state index is 0.00830. The fraction of sp³-hybridized carbons (Fsp3) is 0.281. The van der Waals surface area contributed by atoms with Crippen molar-refractivity contribution in [2.45, 2.75) is 25.4 Å². The molecule has 196 valence electrons. The highest BCUT2D eigenvalue weighted by Gasteiger charge is 2.30. The van der Waals surface area contributed by atoms with Gasteiger partial charge in [0.05, 0.1) is 27.9 Å². The molecule has 1 heterocycles. The molecular formula is C32H34N2O4. The van der Waals surface area contributed by atoms with Gasteiger partial charge in [-0.15, -0.1) is 0 Å². The standard InChI is InChI=1S/C32H34N2O4/c1-36-26-12-6-8-22(16-26)17-29-28-19-31(38-3)30(37-2)18-24(28)14-15-34(29)21-32(35)33-20-25-11-7-10-23-9-4-5-13-27(23)25/h4-13,16,18-19,29H,14-15,17,20-21H2,1-3H3,(H,33,35). The zero-order valence-electron chi connectivity index (χ0n) is 22.2. The summed E-state index contributed by atoms with van der Waals surface area (Å²) in [4.78, 5) is 15.5. The van der Waals surface area contributed by atoms with Gasteiger partial charge in [0.2, 0.25) is 5.91 Å². The Morgan fingerprint density at radius 3 is 2.47 bits per heavy atom. The summed E-state index contributed by atoms with van der Waals surface area (Å²) in [6, 6.07) is 26.8. The molecule has 1 amide bonds. The number of benzene rings is 4. The zero-order valence-corrected chi connectivity index (χ0v) is 22.2. The van der Waals surface area contributed by atoms with E-state index >= 15 is 0 Å². The number of hydrogen-bond donors (Lipinski definition) is 1. The molecule has 1 N–H and O–H groups in total. The molecule has 1 aliphatic rings. The molecule has 0 aromatic heterocycles. The van der Waals surface area contributed by atoms with Gasteiger partial charge < -0.3 is 19.5 Å². The van der Waals surface area contributed by atoms with E-state index in [-0.39, 0.29) is 11.9 Å². The number of ether oxygens (including phenoxy) is 3. The summed E-state index contributed by atoms with van der Waals surface area (Å²) in [5, 5.41) is 5.50. The largest absolute Gasteiger partial charge is 0.497 e. The normalized spacial score (nSPS) is 15.1. The van der Waals surface area contributed by atoms with Crippen LogP contribution in [0.1, 0.15) is 28.3 Å². The maximum Gasteiger partial charge on any atom is 0.234 e. The van der Waals surface area contributed by atoms with Crippen molar-refractivity contribution < 1.29 is 19.0 Å². The van der Waals surface area contributed by atoms with E-state index < -0.39 is 0 Å². The first-order valence-corrected chi connectivity index (χ1v) is 12.9. The predicted molar refractivity (Wildman–Crippen MR) is 150 cm³/mol. The van der Waals surface area contributed by atoms with Gasteiger partial charge in [-0.25, -0.2) is 0 Å². The average Bonchev–Trinajstić information content (AvgIpc) is 2.96. The molecule has 0 radical (unpaired) electrons. The molecule has 0 spiro atoms. The second kappa shape index (κ2) is 11.6. The first-order chi connectivity index (χ1) is 18.6. The fourth-order valence-corrected chi connectivity index (χ4v) is 5.41. The van der Waals surface area contributed by atoms with E-state index in [1.807, 2.05) is 30.3 Å². The van der Waals surface area contributed by atoms with Gasteiger partial charge in [-0.05, 0) is 70.1 Å². The lowest BCUT2D eigenvalue weighted by Crippen LogP contribution is -2.43. The smallest absolute Gasteiger partial charge is 0.234 e. The van der Waals surface area contributed by atoms with Crippen LogP contribution in [0.25, 0.3) is 10.8 Å². The maximum atomic E-state index is 13.2. The Kier molecular flexibility index (Phi) is 7.80. The minimum absolute atomic E-state index is 0.00830. The van der Waals surface area contributed by atoms with Crippen molar-refractivity contribution in [2.75, 3.05) is 34.4 Å². The number of amides is 1. The van der Waals surface area contributed by atoms with Crippen LogP contribution in [-0.2, 0) is 24.2 Å². The first-order valence-electron chi connectivity index (χ1n) is 12.9. The van der Waals surface area contributed by atoms with E-state index in [2.05, 4.69) is 58.7 Å². The number of rotatable bonds is 9. The number of methoxy groups -OCH3 is 3. The lowest BCUT2D eigenvalue weighted by Gasteiger charge is -2.37. The first kappa shape index (κ1) is 25.6. The molecule has 4 aromatic carbocycles. The third-order valence-electron chi connectivity index (χ3n) is 7.38. The molecule has 6 heteroatoms. The van der Waals surface area contributed by atoms with Crippen molar-refractivity contribution in [3.63, 3.8) is 0 Å². The van der Waals surface area contributed by atoms with Gasteiger partial charge in [-0.3, -0.25) is 9.69 Å². The molecule has 0 fully saturated rings. The molecule has 0 saturated carbocycles. The van der Waals surface area contributed by atoms with Crippen molar-refractivity contribution in [3.8, 4) is 17.2 Å². The van der Waals surface area contributed by atoms with E-state index in [1.165, 1.54) is 21.9 Å². The number of nitrogens with one attached hydrogen (secondary N) is 1. The van der Waals surface area contributed by atoms with Crippen LogP contribution in [0.4, 0.5) is 0 Å². The molecule has 1 aliphatic heterocycles. The van der Waals surface area contributed by atoms with Gasteiger partial charge >= 0.3 is 0 Å². The lowest BCUT2D eigenvalue weighted by atomic mass is 9.88. The van der Waals surface area contributed by atoms with Gasteiger partial charge in [0.25, 0.3) is 0 Å². The molecule has 5 rings (SSSR count). The third kappa shape index (κ3) is 5.46. The molecule has 4 aromatic rings. The Bertz CT molecular complexity index is 1430. The number of hydrogen-bond acceptors (Lipinski definition) is 5. The second-order valence-electron chi connectivity index (χ2n) is 9.61. The van der Waals surface area contributed by atoms with Crippen molar-refractivity contribution in [1.82, 2.24) is 10.2 Å². The topological polar surface area (TPSA) is 60.0 Å². The van der Waals surface area contributed by atoms with Gasteiger partial charge in [0.1, 0.15) is 5.75 Å². The zero-order chi connectivity index (χ0) is 26.5. The van der Waals surface area contributed by atoms with E-state index in [4.69, 9.17) is 14.2 Å². The van der Waals surface area contributed by atoms with Crippen molar-refractivity contribution in [2.24, 2.45) is 0 Å². The lowest BCUT2D eigenvalue weighted by molar-refractivity contribution is -0.123. The van der Waals surface area contributed by atoms with E-state index in [0.29, 0.717) is 18.8 Å². The Balaban J connectivity index is 1.38. The predicted octanol–water partition coefficient (Wildman–Crippen LogP) is 5.32. The maximum absolute atomic E-state index is 13.2. The summed E-state index contributed by atoms with van der Waals surface area (Å²) in [7, 11) is 4.99. The van der Waals surface area contributed by atoms with Crippen LogP contribution in [-0.4, -0.2) is 45.2 Å². The van der Waals surface area contributed by atoms with Gasteiger partial charge in [-0.1, -0.05) is 54.6 Å². The van der Waals surface area contributed by atoms with E-state index in [0.717, 1.165) is 42.0 Å². The highest BCUT2D eigenvalue weighted by atomic mass is 16.5. The molecule has 1 atom stereocenters. The van der Waals surface area contributed by atoms with Crippen molar-refractivity contribution >= 4 is 16.7 Å². The Hall–Kier alpha value is -4.03. The molecule has 0 saturated heterocycles. The molecule has 38 heavy (non-hydrogen) atoms. The number of nitrogens with zero attached hydrogens (tertiary/aromatic N) is 1. The second-order valence-corrected chi connectivity index (χ2v) is 9.61. The van der Waals surface area contributed by atoms with Gasteiger partial charge in [0.15, 0.2) is 11.5 Å². The monoisotopic (exact) mass is 510 g/mol. The van der Waals surface area contributed by atoms with Crippen molar-refractivity contribution in [1.29, 1.82) is 0 Å². The summed E-state index contributed by atoms with van der Waals surface area (Å²) in [6.45, 7) is 1.59. The Morgan fingerprint density at radius 2 is 1.66 bits per heavy atom. The molecule has 6 nitrogen and oxygen atoms in total. The summed E-state index contributed by atoms with van der Waals surface area (Å²) in [5.74, 6) is 2.26. The summed E-state index contributed by atoms with van der Waals surface area (Å²) < 4.78 is 16.7. The highest BCUT2D eigenvalue weighted by Crippen LogP contribution is 2.39. The van der Waals surface area contributed by atoms with Gasteiger partial charge in [0, 0.05) is 19.1 Å². The van der Waals surface area contributed by atoms with Crippen LogP contribution >= 0.6 is 0 Å². The average molecular weight is 511 g/mol. The number of carbonyl (C=O) groups is 1. The summed E-state index contributed by atoms with van der Waals surface area (Å²) in [5.41, 5.74) is 4.66. The van der Waals surface area contributed by atoms with Crippen LogP contribution in [0.2, 0.25) is 0 Å². The minimum Gasteiger partial charge on any atom is -0.497 e. The molecular weight excluding hydrogens is 476 g/mol. The van der Waals surface area contributed by atoms with Crippen LogP contribution in [0.15, 0.2) is 78.9 Å².